The average Bonchev–Trinajstić information content (AvgIpc) is 3.98. The molecule has 0 saturated carbocycles. The molecule has 57 heavy (non-hydrogen) atoms. The number of nitrogens with zero attached hydrogens (tertiary/aromatic N) is 2. The van der Waals surface area contributed by atoms with Gasteiger partial charge in [-0.05, 0) is 110 Å². The zero-order valence-electron chi connectivity index (χ0n) is 31.0. The third kappa shape index (κ3) is 3.94. The van der Waals surface area contributed by atoms with Crippen molar-refractivity contribution >= 4 is 43.6 Å². The number of benzene rings is 9. The molecule has 0 amide bonds. The van der Waals surface area contributed by atoms with Crippen molar-refractivity contribution in [2.24, 2.45) is 0 Å². The van der Waals surface area contributed by atoms with Crippen LogP contribution in [-0.2, 0) is 5.41 Å². The second-order valence-corrected chi connectivity index (χ2v) is 15.6. The number of fused-ring (bicyclic) bond motifs is 17. The first kappa shape index (κ1) is 30.9. The van der Waals surface area contributed by atoms with Crippen molar-refractivity contribution in [3.05, 3.63) is 229 Å². The van der Waals surface area contributed by atoms with Crippen molar-refractivity contribution in [3.8, 4) is 44.8 Å². The molecular weight excluding hydrogens is 689 g/mol. The molecule has 0 unspecified atom stereocenters. The normalized spacial score (nSPS) is 13.4. The van der Waals surface area contributed by atoms with Crippen LogP contribution in [0.4, 0.5) is 0 Å². The van der Waals surface area contributed by atoms with E-state index in [0.29, 0.717) is 0 Å². The van der Waals surface area contributed by atoms with Crippen LogP contribution in [0.25, 0.3) is 88.4 Å². The number of aromatic nitrogens is 2. The maximum Gasteiger partial charge on any atom is 0.0725 e. The Morgan fingerprint density at radius 2 is 0.719 bits per heavy atom. The third-order valence-electron chi connectivity index (χ3n) is 12.9. The van der Waals surface area contributed by atoms with Crippen molar-refractivity contribution in [2.75, 3.05) is 0 Å². The van der Waals surface area contributed by atoms with Gasteiger partial charge in [0.2, 0.25) is 0 Å². The molecule has 0 radical (unpaired) electrons. The van der Waals surface area contributed by atoms with E-state index in [0.717, 1.165) is 5.69 Å². The molecule has 0 bridgehead atoms. The lowest BCUT2D eigenvalue weighted by Crippen LogP contribution is -2.25. The van der Waals surface area contributed by atoms with Gasteiger partial charge < -0.3 is 9.13 Å². The molecule has 2 aliphatic rings. The summed E-state index contributed by atoms with van der Waals surface area (Å²) in [5, 5.41) is 5.09. The first-order chi connectivity index (χ1) is 28.3. The van der Waals surface area contributed by atoms with Crippen molar-refractivity contribution in [1.82, 2.24) is 9.13 Å². The van der Waals surface area contributed by atoms with Gasteiger partial charge in [-0.15, -0.1) is 0 Å². The molecule has 0 fully saturated rings. The lowest BCUT2D eigenvalue weighted by atomic mass is 9.70. The average molecular weight is 723 g/mol. The molecule has 2 aromatic heterocycles. The summed E-state index contributed by atoms with van der Waals surface area (Å²) in [6.07, 6.45) is 0. The topological polar surface area (TPSA) is 9.86 Å². The van der Waals surface area contributed by atoms with Gasteiger partial charge in [0.25, 0.3) is 0 Å². The molecule has 1 spiro atoms. The first-order valence-electron chi connectivity index (χ1n) is 19.9. The lowest BCUT2D eigenvalue weighted by molar-refractivity contribution is 0.794. The Bertz CT molecular complexity index is 3390. The van der Waals surface area contributed by atoms with Crippen LogP contribution in [0.2, 0.25) is 0 Å². The zero-order chi connectivity index (χ0) is 37.2. The molecule has 9 aromatic carbocycles. The second-order valence-electron chi connectivity index (χ2n) is 15.6. The highest BCUT2D eigenvalue weighted by Crippen LogP contribution is 2.63. The van der Waals surface area contributed by atoms with E-state index in [2.05, 4.69) is 215 Å². The van der Waals surface area contributed by atoms with Crippen LogP contribution in [0.15, 0.2) is 206 Å². The monoisotopic (exact) mass is 722 g/mol. The van der Waals surface area contributed by atoms with Gasteiger partial charge >= 0.3 is 0 Å². The van der Waals surface area contributed by atoms with Gasteiger partial charge in [-0.25, -0.2) is 0 Å². The van der Waals surface area contributed by atoms with Crippen molar-refractivity contribution in [1.29, 1.82) is 0 Å². The molecule has 13 rings (SSSR count). The summed E-state index contributed by atoms with van der Waals surface area (Å²) in [5.41, 5.74) is 20.0. The van der Waals surface area contributed by atoms with E-state index >= 15 is 0 Å². The van der Waals surface area contributed by atoms with Crippen LogP contribution in [-0.4, -0.2) is 9.13 Å². The van der Waals surface area contributed by atoms with Crippen LogP contribution in [0, 0.1) is 0 Å². The fourth-order valence-corrected chi connectivity index (χ4v) is 10.7. The van der Waals surface area contributed by atoms with Crippen LogP contribution in [0.1, 0.15) is 22.3 Å². The molecule has 264 valence electrons. The van der Waals surface area contributed by atoms with Crippen LogP contribution < -0.4 is 0 Å². The summed E-state index contributed by atoms with van der Waals surface area (Å²) >= 11 is 0. The van der Waals surface area contributed by atoms with Crippen LogP contribution in [0.5, 0.6) is 0 Å². The Kier molecular flexibility index (Phi) is 6.13. The Labute approximate surface area is 330 Å². The standard InChI is InChI=1S/C55H34N2/c1-3-15-37(16-4-1)56-49-26-14-10-22-43(49)53-50(56)31-32-51-54(53)44-30-28-36(34-52(44)57(51)38-17-5-2-6-18-38)35-27-29-42-41-21-9-13-25-47(41)55(48(42)33-35)45-23-11-7-19-39(45)40-20-8-12-24-46(40)55/h1-34H. The Morgan fingerprint density at radius 3 is 1.32 bits per heavy atom. The van der Waals surface area contributed by atoms with Gasteiger partial charge in [0.05, 0.1) is 27.5 Å². The lowest BCUT2D eigenvalue weighted by Gasteiger charge is -2.30. The predicted octanol–water partition coefficient (Wildman–Crippen LogP) is 13.9. The highest BCUT2D eigenvalue weighted by molar-refractivity contribution is 6.29. The molecule has 2 aliphatic carbocycles. The predicted molar refractivity (Wildman–Crippen MR) is 237 cm³/mol. The fourth-order valence-electron chi connectivity index (χ4n) is 10.7. The van der Waals surface area contributed by atoms with Crippen molar-refractivity contribution < 1.29 is 0 Å². The van der Waals surface area contributed by atoms with Crippen LogP contribution >= 0.6 is 0 Å². The van der Waals surface area contributed by atoms with Gasteiger partial charge in [0, 0.05) is 32.9 Å². The van der Waals surface area contributed by atoms with Gasteiger partial charge in [-0.1, -0.05) is 152 Å². The van der Waals surface area contributed by atoms with Gasteiger partial charge in [0.15, 0.2) is 0 Å². The highest BCUT2D eigenvalue weighted by atomic mass is 15.0. The molecule has 2 heterocycles. The number of hydrogen-bond acceptors (Lipinski definition) is 0. The smallest absolute Gasteiger partial charge is 0.0725 e. The quantitative estimate of drug-likeness (QED) is 0.172. The fraction of sp³-hybridized carbons (Fsp3) is 0.0182. The summed E-state index contributed by atoms with van der Waals surface area (Å²) in [6.45, 7) is 0. The van der Waals surface area contributed by atoms with Crippen LogP contribution in [0.3, 0.4) is 0 Å². The van der Waals surface area contributed by atoms with E-state index in [9.17, 15) is 0 Å². The molecule has 2 nitrogen and oxygen atoms in total. The van der Waals surface area contributed by atoms with E-state index in [1.807, 2.05) is 0 Å². The maximum absolute atomic E-state index is 2.50. The van der Waals surface area contributed by atoms with Gasteiger partial charge in [-0.3, -0.25) is 0 Å². The Balaban J connectivity index is 1.10. The molecule has 2 heteroatoms. The van der Waals surface area contributed by atoms with Crippen molar-refractivity contribution in [3.63, 3.8) is 0 Å². The Hall–Kier alpha value is -7.42. The second kappa shape index (κ2) is 11.3. The molecule has 11 aromatic rings. The molecule has 0 saturated heterocycles. The molecule has 0 aliphatic heterocycles. The molecular formula is C55H34N2. The van der Waals surface area contributed by atoms with E-state index in [1.54, 1.807) is 0 Å². The number of hydrogen-bond donors (Lipinski definition) is 0. The molecule has 0 N–H and O–H groups in total. The third-order valence-corrected chi connectivity index (χ3v) is 12.9. The summed E-state index contributed by atoms with van der Waals surface area (Å²) in [6, 6.07) is 76.6. The largest absolute Gasteiger partial charge is 0.309 e. The van der Waals surface area contributed by atoms with E-state index in [4.69, 9.17) is 0 Å². The zero-order valence-corrected chi connectivity index (χ0v) is 31.0. The minimum atomic E-state index is -0.378. The summed E-state index contributed by atoms with van der Waals surface area (Å²) < 4.78 is 4.89. The van der Waals surface area contributed by atoms with E-state index < -0.39 is 0 Å². The number of rotatable bonds is 3. The van der Waals surface area contributed by atoms with E-state index in [-0.39, 0.29) is 5.41 Å². The SMILES string of the molecule is c1ccc(-n2c3ccccc3c3c4c5ccc(-c6ccc7c(c6)C6(c8ccccc8-c8ccccc86)c6ccccc6-7)cc5n(-c5ccccc5)c4ccc32)cc1. The minimum Gasteiger partial charge on any atom is -0.309 e. The summed E-state index contributed by atoms with van der Waals surface area (Å²) in [4.78, 5) is 0. The van der Waals surface area contributed by atoms with Gasteiger partial charge in [-0.2, -0.15) is 0 Å². The summed E-state index contributed by atoms with van der Waals surface area (Å²) in [7, 11) is 0. The first-order valence-corrected chi connectivity index (χ1v) is 19.9. The van der Waals surface area contributed by atoms with Gasteiger partial charge in [0.1, 0.15) is 0 Å². The molecule has 0 atom stereocenters. The Morgan fingerprint density at radius 1 is 0.281 bits per heavy atom. The van der Waals surface area contributed by atoms with E-state index in [1.165, 1.54) is 105 Å². The number of para-hydroxylation sites is 3. The maximum atomic E-state index is 2.50. The van der Waals surface area contributed by atoms with Crippen molar-refractivity contribution in [2.45, 2.75) is 5.41 Å². The highest BCUT2D eigenvalue weighted by Gasteiger charge is 2.51. The minimum absolute atomic E-state index is 0.378. The summed E-state index contributed by atoms with van der Waals surface area (Å²) in [5.74, 6) is 0.